The highest BCUT2D eigenvalue weighted by molar-refractivity contribution is 7.81. The Morgan fingerprint density at radius 1 is 1.44 bits per heavy atom. The fourth-order valence-corrected chi connectivity index (χ4v) is 1.01. The van der Waals surface area contributed by atoms with Crippen LogP contribution in [0.5, 0.6) is 0 Å². The summed E-state index contributed by atoms with van der Waals surface area (Å²) >= 11 is 4.16. The van der Waals surface area contributed by atoms with Crippen molar-refractivity contribution in [1.29, 1.82) is 5.41 Å². The van der Waals surface area contributed by atoms with Gasteiger partial charge in [0.1, 0.15) is 0 Å². The number of thiol groups is 1. The van der Waals surface area contributed by atoms with Gasteiger partial charge in [0.2, 0.25) is 0 Å². The first-order chi connectivity index (χ1) is 3.85. The number of hydrogen-bond donors (Lipinski definition) is 2. The van der Waals surface area contributed by atoms with Gasteiger partial charge in [-0.1, -0.05) is 20.8 Å². The summed E-state index contributed by atoms with van der Waals surface area (Å²) in [4.78, 5) is 0. The monoisotopic (exact) mass is 145 g/mol. The maximum absolute atomic E-state index is 7.52. The molecule has 0 aliphatic heterocycles. The molecule has 0 aromatic carbocycles. The minimum atomic E-state index is -0.0127. The second-order valence-electron chi connectivity index (χ2n) is 3.34. The van der Waals surface area contributed by atoms with Crippen LogP contribution in [0, 0.1) is 10.8 Å². The molecule has 2 heteroatoms. The molecule has 0 aliphatic rings. The van der Waals surface area contributed by atoms with E-state index in [9.17, 15) is 0 Å². The Morgan fingerprint density at radius 3 is 1.78 bits per heavy atom. The minimum absolute atomic E-state index is 0.0127. The summed E-state index contributed by atoms with van der Waals surface area (Å²) in [7, 11) is 0. The van der Waals surface area contributed by atoms with Crippen molar-refractivity contribution >= 4 is 18.3 Å². The van der Waals surface area contributed by atoms with Crippen molar-refractivity contribution in [2.75, 3.05) is 0 Å². The standard InChI is InChI=1S/C7H15NS/c1-5(9)6(8)7(2,3)4/h5,8-9H,1-4H3. The SMILES string of the molecule is CC(S)C(=N)C(C)(C)C. The van der Waals surface area contributed by atoms with Crippen LogP contribution < -0.4 is 0 Å². The van der Waals surface area contributed by atoms with E-state index < -0.39 is 0 Å². The van der Waals surface area contributed by atoms with E-state index in [1.165, 1.54) is 0 Å². The second-order valence-corrected chi connectivity index (χ2v) is 4.11. The lowest BCUT2D eigenvalue weighted by Gasteiger charge is -2.21. The van der Waals surface area contributed by atoms with Crippen molar-refractivity contribution in [3.05, 3.63) is 0 Å². The summed E-state index contributed by atoms with van der Waals surface area (Å²) in [6, 6.07) is 0. The largest absolute Gasteiger partial charge is 0.308 e. The first-order valence-electron chi connectivity index (χ1n) is 3.12. The van der Waals surface area contributed by atoms with Crippen molar-refractivity contribution in [2.45, 2.75) is 32.9 Å². The predicted molar refractivity (Wildman–Crippen MR) is 45.6 cm³/mol. The molecular formula is C7H15NS. The summed E-state index contributed by atoms with van der Waals surface area (Å²) in [6.07, 6.45) is 0. The molecule has 54 valence electrons. The molecule has 1 nitrogen and oxygen atoms in total. The molecule has 0 aromatic rings. The average Bonchev–Trinajstić information content (AvgIpc) is 1.62. The summed E-state index contributed by atoms with van der Waals surface area (Å²) in [6.45, 7) is 8.02. The van der Waals surface area contributed by atoms with Gasteiger partial charge in [0.25, 0.3) is 0 Å². The summed E-state index contributed by atoms with van der Waals surface area (Å²) in [5, 5.41) is 7.61. The van der Waals surface area contributed by atoms with Gasteiger partial charge >= 0.3 is 0 Å². The zero-order valence-electron chi connectivity index (χ0n) is 6.52. The molecule has 0 aromatic heterocycles. The Hall–Kier alpha value is 0.0200. The predicted octanol–water partition coefficient (Wildman–Crippen LogP) is 2.37. The van der Waals surface area contributed by atoms with Gasteiger partial charge in [-0.3, -0.25) is 0 Å². The normalized spacial score (nSPS) is 15.2. The molecule has 0 amide bonds. The molecule has 1 unspecified atom stereocenters. The van der Waals surface area contributed by atoms with Gasteiger partial charge in [0.05, 0.1) is 0 Å². The molecule has 0 rings (SSSR count). The van der Waals surface area contributed by atoms with Crippen molar-refractivity contribution in [3.63, 3.8) is 0 Å². The molecule has 1 atom stereocenters. The van der Waals surface area contributed by atoms with Crippen molar-refractivity contribution < 1.29 is 0 Å². The van der Waals surface area contributed by atoms with E-state index in [2.05, 4.69) is 12.6 Å². The molecule has 0 spiro atoms. The number of nitrogens with one attached hydrogen (secondary N) is 1. The van der Waals surface area contributed by atoms with Crippen molar-refractivity contribution in [1.82, 2.24) is 0 Å². The van der Waals surface area contributed by atoms with E-state index >= 15 is 0 Å². The third kappa shape index (κ3) is 2.89. The highest BCUT2D eigenvalue weighted by Crippen LogP contribution is 2.18. The Morgan fingerprint density at radius 2 is 1.78 bits per heavy atom. The van der Waals surface area contributed by atoms with Gasteiger partial charge in [0, 0.05) is 16.4 Å². The Kier molecular flexibility index (Phi) is 2.74. The number of hydrogen-bond acceptors (Lipinski definition) is 2. The quantitative estimate of drug-likeness (QED) is 0.418. The zero-order chi connectivity index (χ0) is 7.65. The molecule has 0 saturated heterocycles. The lowest BCUT2D eigenvalue weighted by molar-refractivity contribution is 0.578. The first kappa shape index (κ1) is 9.02. The Bertz CT molecular complexity index is 111. The topological polar surface area (TPSA) is 23.9 Å². The van der Waals surface area contributed by atoms with E-state index in [0.717, 1.165) is 0 Å². The lowest BCUT2D eigenvalue weighted by atomic mass is 9.88. The van der Waals surface area contributed by atoms with Crippen LogP contribution in [0.4, 0.5) is 0 Å². The third-order valence-corrected chi connectivity index (χ3v) is 1.48. The molecule has 0 aliphatic carbocycles. The van der Waals surface area contributed by atoms with Gasteiger partial charge in [-0.25, -0.2) is 0 Å². The van der Waals surface area contributed by atoms with Gasteiger partial charge < -0.3 is 5.41 Å². The lowest BCUT2D eigenvalue weighted by Crippen LogP contribution is -2.26. The highest BCUT2D eigenvalue weighted by atomic mass is 32.1. The minimum Gasteiger partial charge on any atom is -0.308 e. The van der Waals surface area contributed by atoms with Gasteiger partial charge in [-0.15, -0.1) is 0 Å². The molecule has 0 radical (unpaired) electrons. The zero-order valence-corrected chi connectivity index (χ0v) is 7.42. The van der Waals surface area contributed by atoms with Gasteiger partial charge in [0.15, 0.2) is 0 Å². The van der Waals surface area contributed by atoms with Crippen LogP contribution in [0.15, 0.2) is 0 Å². The summed E-state index contributed by atoms with van der Waals surface area (Å²) in [5.41, 5.74) is 0.687. The van der Waals surface area contributed by atoms with E-state index in [0.29, 0.717) is 5.71 Å². The molecule has 0 saturated carbocycles. The average molecular weight is 145 g/mol. The Balaban J connectivity index is 4.06. The summed E-state index contributed by atoms with van der Waals surface area (Å²) < 4.78 is 0. The molecule has 9 heavy (non-hydrogen) atoms. The van der Waals surface area contributed by atoms with E-state index in [1.807, 2.05) is 27.7 Å². The van der Waals surface area contributed by atoms with Gasteiger partial charge in [-0.05, 0) is 6.92 Å². The summed E-state index contributed by atoms with van der Waals surface area (Å²) in [5.74, 6) is 0. The fourth-order valence-electron chi connectivity index (χ4n) is 0.627. The van der Waals surface area contributed by atoms with Crippen LogP contribution in [0.3, 0.4) is 0 Å². The van der Waals surface area contributed by atoms with Crippen LogP contribution >= 0.6 is 12.6 Å². The van der Waals surface area contributed by atoms with Crippen LogP contribution in [-0.2, 0) is 0 Å². The smallest absolute Gasteiger partial charge is 0.0370 e. The maximum Gasteiger partial charge on any atom is 0.0370 e. The molecule has 1 N–H and O–H groups in total. The molecule has 0 fully saturated rings. The highest BCUT2D eigenvalue weighted by Gasteiger charge is 2.19. The van der Waals surface area contributed by atoms with Crippen molar-refractivity contribution in [3.8, 4) is 0 Å². The van der Waals surface area contributed by atoms with E-state index in [1.54, 1.807) is 0 Å². The second kappa shape index (κ2) is 2.74. The molecule has 0 heterocycles. The van der Waals surface area contributed by atoms with E-state index in [4.69, 9.17) is 5.41 Å². The Labute approximate surface area is 62.8 Å². The van der Waals surface area contributed by atoms with Crippen LogP contribution in [-0.4, -0.2) is 11.0 Å². The van der Waals surface area contributed by atoms with Crippen molar-refractivity contribution in [2.24, 2.45) is 5.41 Å². The van der Waals surface area contributed by atoms with Gasteiger partial charge in [-0.2, -0.15) is 12.6 Å². The molecular weight excluding hydrogens is 130 g/mol. The first-order valence-corrected chi connectivity index (χ1v) is 3.64. The van der Waals surface area contributed by atoms with Crippen LogP contribution in [0.25, 0.3) is 0 Å². The fraction of sp³-hybridized carbons (Fsp3) is 0.857. The maximum atomic E-state index is 7.52. The van der Waals surface area contributed by atoms with E-state index in [-0.39, 0.29) is 10.7 Å². The molecule has 0 bridgehead atoms. The third-order valence-electron chi connectivity index (χ3n) is 1.23. The van der Waals surface area contributed by atoms with Crippen LogP contribution in [0.1, 0.15) is 27.7 Å². The van der Waals surface area contributed by atoms with Crippen LogP contribution in [0.2, 0.25) is 0 Å². The number of rotatable bonds is 1.